The number of anilines is 2. The Bertz CT molecular complexity index is 940. The van der Waals surface area contributed by atoms with Gasteiger partial charge < -0.3 is 19.4 Å². The Balaban J connectivity index is 1.35. The van der Waals surface area contributed by atoms with E-state index in [1.165, 1.54) is 6.33 Å². The Hall–Kier alpha value is -3.16. The number of fused-ring (bicyclic) bond motifs is 1. The van der Waals surface area contributed by atoms with Gasteiger partial charge in [-0.1, -0.05) is 32.0 Å². The zero-order valence-electron chi connectivity index (χ0n) is 18.2. The normalized spacial score (nSPS) is 16.5. The standard InChI is InChI=1S/C23H29N5O3/c1-17(2)15-31-21-13-20(24-16-25-21)26-9-11-27(12-10-26)23(30)14-28-19-6-4-3-5-18(19)7-8-22(28)29/h3-6,13,16-17H,7-12,14-15H2,1-2H3. The third-order valence-corrected chi connectivity index (χ3v) is 5.63. The molecule has 2 aliphatic heterocycles. The highest BCUT2D eigenvalue weighted by molar-refractivity contribution is 6.01. The maximum absolute atomic E-state index is 12.9. The largest absolute Gasteiger partial charge is 0.477 e. The zero-order chi connectivity index (χ0) is 21.8. The van der Waals surface area contributed by atoms with Gasteiger partial charge in [0, 0.05) is 44.4 Å². The lowest BCUT2D eigenvalue weighted by atomic mass is 10.0. The van der Waals surface area contributed by atoms with E-state index in [1.807, 2.05) is 35.2 Å². The number of amides is 2. The van der Waals surface area contributed by atoms with Crippen molar-refractivity contribution in [3.63, 3.8) is 0 Å². The Morgan fingerprint density at radius 2 is 1.87 bits per heavy atom. The van der Waals surface area contributed by atoms with Crippen molar-refractivity contribution < 1.29 is 14.3 Å². The van der Waals surface area contributed by atoms with Gasteiger partial charge in [-0.25, -0.2) is 9.97 Å². The molecule has 2 amide bonds. The fourth-order valence-electron chi connectivity index (χ4n) is 3.92. The van der Waals surface area contributed by atoms with Crippen molar-refractivity contribution in [2.45, 2.75) is 26.7 Å². The molecule has 0 atom stereocenters. The first-order valence-electron chi connectivity index (χ1n) is 10.9. The molecule has 0 aliphatic carbocycles. The van der Waals surface area contributed by atoms with Crippen LogP contribution in [0.2, 0.25) is 0 Å². The van der Waals surface area contributed by atoms with E-state index in [4.69, 9.17) is 4.74 Å². The number of piperazine rings is 1. The lowest BCUT2D eigenvalue weighted by Crippen LogP contribution is -2.52. The molecular formula is C23H29N5O3. The fraction of sp³-hybridized carbons (Fsp3) is 0.478. The molecule has 0 unspecified atom stereocenters. The second-order valence-electron chi connectivity index (χ2n) is 8.40. The smallest absolute Gasteiger partial charge is 0.242 e. The molecule has 0 spiro atoms. The molecule has 0 bridgehead atoms. The van der Waals surface area contributed by atoms with Crippen molar-refractivity contribution in [3.8, 4) is 5.88 Å². The Morgan fingerprint density at radius 3 is 2.65 bits per heavy atom. The molecule has 1 aromatic carbocycles. The van der Waals surface area contributed by atoms with E-state index < -0.39 is 0 Å². The van der Waals surface area contributed by atoms with Gasteiger partial charge >= 0.3 is 0 Å². The van der Waals surface area contributed by atoms with Crippen LogP contribution in [0.5, 0.6) is 5.88 Å². The molecule has 4 rings (SSSR count). The summed E-state index contributed by atoms with van der Waals surface area (Å²) in [6, 6.07) is 9.68. The number of carbonyl (C=O) groups excluding carboxylic acids is 2. The molecule has 8 heteroatoms. The number of aryl methyl sites for hydroxylation is 1. The minimum Gasteiger partial charge on any atom is -0.477 e. The van der Waals surface area contributed by atoms with Gasteiger partial charge in [0.05, 0.1) is 6.61 Å². The van der Waals surface area contributed by atoms with E-state index in [1.54, 1.807) is 4.90 Å². The Kier molecular flexibility index (Phi) is 6.34. The van der Waals surface area contributed by atoms with Crippen molar-refractivity contribution >= 4 is 23.3 Å². The predicted octanol–water partition coefficient (Wildman–Crippen LogP) is 2.14. The molecule has 2 aromatic rings. The van der Waals surface area contributed by atoms with Crippen molar-refractivity contribution in [2.24, 2.45) is 5.92 Å². The number of rotatable bonds is 6. The van der Waals surface area contributed by atoms with Crippen molar-refractivity contribution in [1.29, 1.82) is 0 Å². The number of hydrogen-bond donors (Lipinski definition) is 0. The molecule has 0 saturated carbocycles. The molecule has 164 valence electrons. The van der Waals surface area contributed by atoms with Gasteiger partial charge in [-0.2, -0.15) is 0 Å². The lowest BCUT2D eigenvalue weighted by molar-refractivity contribution is -0.131. The summed E-state index contributed by atoms with van der Waals surface area (Å²) < 4.78 is 5.70. The number of benzene rings is 1. The summed E-state index contributed by atoms with van der Waals surface area (Å²) in [7, 11) is 0. The van der Waals surface area contributed by atoms with Crippen LogP contribution in [0.15, 0.2) is 36.7 Å². The first-order valence-corrected chi connectivity index (χ1v) is 10.9. The molecule has 31 heavy (non-hydrogen) atoms. The van der Waals surface area contributed by atoms with Crippen LogP contribution >= 0.6 is 0 Å². The van der Waals surface area contributed by atoms with Crippen LogP contribution in [-0.2, 0) is 16.0 Å². The van der Waals surface area contributed by atoms with Crippen molar-refractivity contribution in [1.82, 2.24) is 14.9 Å². The predicted molar refractivity (Wildman–Crippen MR) is 118 cm³/mol. The minimum absolute atomic E-state index is 0.0144. The van der Waals surface area contributed by atoms with Gasteiger partial charge in [-0.15, -0.1) is 0 Å². The summed E-state index contributed by atoms with van der Waals surface area (Å²) in [5.41, 5.74) is 1.99. The average Bonchev–Trinajstić information content (AvgIpc) is 2.80. The number of hydrogen-bond acceptors (Lipinski definition) is 6. The Morgan fingerprint density at radius 1 is 1.10 bits per heavy atom. The molecule has 1 fully saturated rings. The van der Waals surface area contributed by atoms with E-state index in [-0.39, 0.29) is 18.4 Å². The molecule has 0 N–H and O–H groups in total. The monoisotopic (exact) mass is 423 g/mol. The molecule has 2 aliphatic rings. The minimum atomic E-state index is -0.0200. The maximum Gasteiger partial charge on any atom is 0.242 e. The summed E-state index contributed by atoms with van der Waals surface area (Å²) in [6.07, 6.45) is 2.70. The van der Waals surface area contributed by atoms with Gasteiger partial charge in [0.2, 0.25) is 17.7 Å². The van der Waals surface area contributed by atoms with E-state index in [0.29, 0.717) is 51.0 Å². The summed E-state index contributed by atoms with van der Waals surface area (Å²) >= 11 is 0. The summed E-state index contributed by atoms with van der Waals surface area (Å²) in [4.78, 5) is 39.5. The summed E-state index contributed by atoms with van der Waals surface area (Å²) in [6.45, 7) is 7.42. The lowest BCUT2D eigenvalue weighted by Gasteiger charge is -2.37. The number of aromatic nitrogens is 2. The van der Waals surface area contributed by atoms with E-state index in [0.717, 1.165) is 23.5 Å². The third kappa shape index (κ3) is 4.95. The van der Waals surface area contributed by atoms with Crippen LogP contribution in [0.25, 0.3) is 0 Å². The van der Waals surface area contributed by atoms with Crippen LogP contribution in [0.1, 0.15) is 25.8 Å². The molecule has 3 heterocycles. The van der Waals surface area contributed by atoms with Gasteiger partial charge in [-0.05, 0) is 24.0 Å². The van der Waals surface area contributed by atoms with Crippen molar-refractivity contribution in [3.05, 3.63) is 42.2 Å². The van der Waals surface area contributed by atoms with Crippen LogP contribution in [-0.4, -0.2) is 66.0 Å². The topological polar surface area (TPSA) is 78.9 Å². The molecule has 8 nitrogen and oxygen atoms in total. The summed E-state index contributed by atoms with van der Waals surface area (Å²) in [5.74, 6) is 1.79. The first-order chi connectivity index (χ1) is 15.0. The van der Waals surface area contributed by atoms with E-state index in [2.05, 4.69) is 28.7 Å². The first kappa shape index (κ1) is 21.1. The second kappa shape index (κ2) is 9.32. The van der Waals surface area contributed by atoms with Crippen LogP contribution in [0.4, 0.5) is 11.5 Å². The number of nitrogens with zero attached hydrogens (tertiary/aromatic N) is 5. The number of para-hydroxylation sites is 1. The highest BCUT2D eigenvalue weighted by Crippen LogP contribution is 2.27. The SMILES string of the molecule is CC(C)COc1cc(N2CCN(C(=O)CN3C(=O)CCc4ccccc43)CC2)ncn1. The zero-order valence-corrected chi connectivity index (χ0v) is 18.2. The maximum atomic E-state index is 12.9. The van der Waals surface area contributed by atoms with Crippen LogP contribution in [0, 0.1) is 5.92 Å². The Labute approximate surface area is 182 Å². The van der Waals surface area contributed by atoms with Crippen LogP contribution < -0.4 is 14.5 Å². The molecule has 0 radical (unpaired) electrons. The highest BCUT2D eigenvalue weighted by Gasteiger charge is 2.29. The fourth-order valence-corrected chi connectivity index (χ4v) is 3.92. The van der Waals surface area contributed by atoms with Gasteiger partial charge in [0.15, 0.2) is 0 Å². The second-order valence-corrected chi connectivity index (χ2v) is 8.40. The van der Waals surface area contributed by atoms with Crippen LogP contribution in [0.3, 0.4) is 0 Å². The third-order valence-electron chi connectivity index (χ3n) is 5.63. The molecule has 1 aromatic heterocycles. The van der Waals surface area contributed by atoms with E-state index >= 15 is 0 Å². The quantitative estimate of drug-likeness (QED) is 0.708. The molecule has 1 saturated heterocycles. The van der Waals surface area contributed by atoms with Crippen molar-refractivity contribution in [2.75, 3.05) is 49.1 Å². The average molecular weight is 424 g/mol. The van der Waals surface area contributed by atoms with Gasteiger partial charge in [0.25, 0.3) is 0 Å². The van der Waals surface area contributed by atoms with E-state index in [9.17, 15) is 9.59 Å². The molecular weight excluding hydrogens is 394 g/mol. The summed E-state index contributed by atoms with van der Waals surface area (Å²) in [5, 5.41) is 0. The number of ether oxygens (including phenoxy) is 1. The van der Waals surface area contributed by atoms with Gasteiger partial charge in [-0.3, -0.25) is 9.59 Å². The number of carbonyl (C=O) groups is 2. The van der Waals surface area contributed by atoms with Gasteiger partial charge in [0.1, 0.15) is 18.7 Å². The highest BCUT2D eigenvalue weighted by atomic mass is 16.5.